The summed E-state index contributed by atoms with van der Waals surface area (Å²) in [5.74, 6) is 1.27. The summed E-state index contributed by atoms with van der Waals surface area (Å²) in [5.41, 5.74) is -1.06. The van der Waals surface area contributed by atoms with Gasteiger partial charge in [-0.05, 0) is 43.9 Å². The molecule has 0 aromatic heterocycles. The smallest absolute Gasteiger partial charge is 0.186 e. The first-order valence-corrected chi connectivity index (χ1v) is 7.88. The zero-order valence-corrected chi connectivity index (χ0v) is 12.3. The number of Topliss-reactive ketones (excluding diaryl/α,β-unsaturated/α-hetero) is 1. The molecule has 4 nitrogen and oxygen atoms in total. The van der Waals surface area contributed by atoms with Crippen LogP contribution in [0.3, 0.4) is 0 Å². The standard InChI is InChI=1S/C16H23NO3/c1-15(19)12(18)8-10-11-5-3-4-9(14(17-11)20-2)13(15)16(10)6-7-16/h9-11,13,19H,3-8H2,1-2H3/t9?,10?,11?,13?,15-/m1/s1. The largest absolute Gasteiger partial charge is 0.484 e. The molecule has 20 heavy (non-hydrogen) atoms. The molecule has 0 aromatic carbocycles. The van der Waals surface area contributed by atoms with Gasteiger partial charge in [0.2, 0.25) is 0 Å². The molecular formula is C16H23NO3. The summed E-state index contributed by atoms with van der Waals surface area (Å²) in [6, 6.07) is 0.225. The highest BCUT2D eigenvalue weighted by Gasteiger charge is 2.70. The predicted molar refractivity (Wildman–Crippen MR) is 74.5 cm³/mol. The molecule has 0 aromatic rings. The molecule has 4 aliphatic rings. The van der Waals surface area contributed by atoms with Gasteiger partial charge in [0.15, 0.2) is 11.7 Å². The van der Waals surface area contributed by atoms with Gasteiger partial charge in [0.05, 0.1) is 13.2 Å². The van der Waals surface area contributed by atoms with E-state index in [1.54, 1.807) is 14.0 Å². The fourth-order valence-corrected chi connectivity index (χ4v) is 5.51. The van der Waals surface area contributed by atoms with Gasteiger partial charge in [-0.2, -0.15) is 0 Å². The average molecular weight is 277 g/mol. The van der Waals surface area contributed by atoms with E-state index in [2.05, 4.69) is 0 Å². The van der Waals surface area contributed by atoms with Gasteiger partial charge in [-0.3, -0.25) is 9.79 Å². The van der Waals surface area contributed by atoms with Crippen LogP contribution >= 0.6 is 0 Å². The van der Waals surface area contributed by atoms with E-state index in [0.717, 1.165) is 38.0 Å². The molecule has 4 heteroatoms. The normalized spacial score (nSPS) is 48.5. The Bertz CT molecular complexity index is 492. The van der Waals surface area contributed by atoms with E-state index in [-0.39, 0.29) is 29.1 Å². The molecule has 4 rings (SSSR count). The van der Waals surface area contributed by atoms with Crippen LogP contribution in [-0.4, -0.2) is 35.5 Å². The molecule has 2 fully saturated rings. The van der Waals surface area contributed by atoms with Crippen LogP contribution < -0.4 is 0 Å². The van der Waals surface area contributed by atoms with Crippen molar-refractivity contribution in [2.75, 3.05) is 7.11 Å². The zero-order valence-electron chi connectivity index (χ0n) is 12.3. The maximum Gasteiger partial charge on any atom is 0.186 e. The molecule has 4 unspecified atom stereocenters. The van der Waals surface area contributed by atoms with Gasteiger partial charge in [-0.25, -0.2) is 0 Å². The number of hydrogen-bond donors (Lipinski definition) is 1. The third-order valence-electron chi connectivity index (χ3n) is 6.46. The van der Waals surface area contributed by atoms with Crippen LogP contribution in [0.4, 0.5) is 0 Å². The SMILES string of the molecule is COC1=NC2CCCC1C1C3(CC3)C2CC(=O)[C@@]1(C)O. The fraction of sp³-hybridized carbons (Fsp3) is 0.875. The van der Waals surface area contributed by atoms with Gasteiger partial charge in [0.1, 0.15) is 5.60 Å². The number of carbonyl (C=O) groups excluding carboxylic acids is 1. The highest BCUT2D eigenvalue weighted by molar-refractivity contribution is 5.91. The summed E-state index contributed by atoms with van der Waals surface area (Å²) >= 11 is 0. The number of carbonyl (C=O) groups is 1. The zero-order chi connectivity index (χ0) is 14.1. The third kappa shape index (κ3) is 1.41. The Labute approximate surface area is 119 Å². The molecule has 2 heterocycles. The average Bonchev–Trinajstić information content (AvgIpc) is 3.19. The number of aliphatic hydroxyl groups is 1. The van der Waals surface area contributed by atoms with E-state index < -0.39 is 5.60 Å². The maximum atomic E-state index is 12.5. The van der Waals surface area contributed by atoms with Crippen LogP contribution in [0.15, 0.2) is 4.99 Å². The summed E-state index contributed by atoms with van der Waals surface area (Å²) in [7, 11) is 1.68. The highest BCUT2D eigenvalue weighted by atomic mass is 16.5. The van der Waals surface area contributed by atoms with Gasteiger partial charge in [-0.15, -0.1) is 0 Å². The summed E-state index contributed by atoms with van der Waals surface area (Å²) in [6.45, 7) is 1.73. The van der Waals surface area contributed by atoms with Crippen LogP contribution in [0.5, 0.6) is 0 Å². The minimum absolute atomic E-state index is 0.00486. The van der Waals surface area contributed by atoms with Crippen LogP contribution in [0, 0.1) is 23.2 Å². The Balaban J connectivity index is 1.90. The number of methoxy groups -OCH3 is 1. The van der Waals surface area contributed by atoms with Crippen molar-refractivity contribution in [1.29, 1.82) is 0 Å². The highest BCUT2D eigenvalue weighted by Crippen LogP contribution is 2.69. The maximum absolute atomic E-state index is 12.5. The van der Waals surface area contributed by atoms with Gasteiger partial charge < -0.3 is 9.84 Å². The topological polar surface area (TPSA) is 58.9 Å². The minimum Gasteiger partial charge on any atom is -0.484 e. The molecule has 2 aliphatic carbocycles. The van der Waals surface area contributed by atoms with E-state index >= 15 is 0 Å². The van der Waals surface area contributed by atoms with Crippen molar-refractivity contribution in [2.45, 2.75) is 57.1 Å². The lowest BCUT2D eigenvalue weighted by Gasteiger charge is -2.50. The fourth-order valence-electron chi connectivity index (χ4n) is 5.51. The molecule has 1 N–H and O–H groups in total. The second-order valence-electron chi connectivity index (χ2n) is 7.37. The summed E-state index contributed by atoms with van der Waals surface area (Å²) in [4.78, 5) is 17.3. The lowest BCUT2D eigenvalue weighted by molar-refractivity contribution is -0.161. The Hall–Kier alpha value is -0.900. The van der Waals surface area contributed by atoms with Crippen molar-refractivity contribution in [3.63, 3.8) is 0 Å². The van der Waals surface area contributed by atoms with E-state index in [4.69, 9.17) is 9.73 Å². The summed E-state index contributed by atoms with van der Waals surface area (Å²) < 4.78 is 5.57. The number of aliphatic imine (C=N–C) groups is 1. The summed E-state index contributed by atoms with van der Waals surface area (Å²) in [5, 5.41) is 10.9. The van der Waals surface area contributed by atoms with Gasteiger partial charge in [0, 0.05) is 18.3 Å². The lowest BCUT2D eigenvalue weighted by atomic mass is 9.55. The van der Waals surface area contributed by atoms with E-state index in [0.29, 0.717) is 12.3 Å². The first kappa shape index (κ1) is 12.8. The van der Waals surface area contributed by atoms with Crippen molar-refractivity contribution >= 4 is 11.7 Å². The molecule has 0 radical (unpaired) electrons. The van der Waals surface area contributed by atoms with Crippen LogP contribution in [0.1, 0.15) is 45.4 Å². The Morgan fingerprint density at radius 1 is 1.35 bits per heavy atom. The number of rotatable bonds is 0. The van der Waals surface area contributed by atoms with Crippen molar-refractivity contribution in [3.05, 3.63) is 0 Å². The van der Waals surface area contributed by atoms with E-state index in [1.165, 1.54) is 0 Å². The second kappa shape index (κ2) is 3.85. The molecular weight excluding hydrogens is 254 g/mol. The quantitative estimate of drug-likeness (QED) is 0.736. The molecule has 2 aliphatic heterocycles. The van der Waals surface area contributed by atoms with Crippen molar-refractivity contribution in [1.82, 2.24) is 0 Å². The number of ether oxygens (including phenoxy) is 1. The second-order valence-corrected chi connectivity index (χ2v) is 7.37. The monoisotopic (exact) mass is 277 g/mol. The minimum atomic E-state index is -1.21. The number of hydrogen-bond acceptors (Lipinski definition) is 4. The molecule has 4 bridgehead atoms. The van der Waals surface area contributed by atoms with Gasteiger partial charge in [-0.1, -0.05) is 6.42 Å². The first-order chi connectivity index (χ1) is 9.50. The molecule has 5 atom stereocenters. The molecule has 0 amide bonds. The van der Waals surface area contributed by atoms with E-state index in [9.17, 15) is 9.90 Å². The van der Waals surface area contributed by atoms with Gasteiger partial charge >= 0.3 is 0 Å². The number of nitrogens with zero attached hydrogens (tertiary/aromatic N) is 1. The molecule has 2 saturated carbocycles. The van der Waals surface area contributed by atoms with Crippen molar-refractivity contribution < 1.29 is 14.6 Å². The Morgan fingerprint density at radius 2 is 2.10 bits per heavy atom. The lowest BCUT2D eigenvalue weighted by Crippen LogP contribution is -2.58. The van der Waals surface area contributed by atoms with Crippen LogP contribution in [-0.2, 0) is 9.53 Å². The van der Waals surface area contributed by atoms with Crippen LogP contribution in [0.25, 0.3) is 0 Å². The Morgan fingerprint density at radius 3 is 2.75 bits per heavy atom. The molecule has 1 spiro atoms. The Kier molecular flexibility index (Phi) is 2.46. The van der Waals surface area contributed by atoms with Gasteiger partial charge in [0.25, 0.3) is 0 Å². The number of ketones is 1. The number of fused-ring (bicyclic) bond motifs is 4. The molecule has 0 saturated heterocycles. The van der Waals surface area contributed by atoms with Crippen molar-refractivity contribution in [2.24, 2.45) is 28.2 Å². The third-order valence-corrected chi connectivity index (χ3v) is 6.46. The molecule has 110 valence electrons. The first-order valence-electron chi connectivity index (χ1n) is 7.88. The van der Waals surface area contributed by atoms with E-state index in [1.807, 2.05) is 0 Å². The van der Waals surface area contributed by atoms with Crippen LogP contribution in [0.2, 0.25) is 0 Å². The predicted octanol–water partition coefficient (Wildman–Crippen LogP) is 1.95. The summed E-state index contributed by atoms with van der Waals surface area (Å²) in [6.07, 6.45) is 5.97. The van der Waals surface area contributed by atoms with Crippen molar-refractivity contribution in [3.8, 4) is 0 Å².